The van der Waals surface area contributed by atoms with E-state index >= 15 is 0 Å². The van der Waals surface area contributed by atoms with Crippen LogP contribution in [0.2, 0.25) is 0 Å². The minimum absolute atomic E-state index is 0.0131. The molecule has 0 spiro atoms. The molecule has 0 amide bonds. The van der Waals surface area contributed by atoms with Gasteiger partial charge in [-0.2, -0.15) is 5.10 Å². The van der Waals surface area contributed by atoms with Crippen molar-refractivity contribution in [1.29, 1.82) is 0 Å². The Morgan fingerprint density at radius 3 is 2.25 bits per heavy atom. The summed E-state index contributed by atoms with van der Waals surface area (Å²) in [5.41, 5.74) is -0.0378. The number of ether oxygens (including phenoxy) is 1. The Balaban J connectivity index is 1.64. The van der Waals surface area contributed by atoms with Crippen molar-refractivity contribution in [3.63, 3.8) is 0 Å². The van der Waals surface area contributed by atoms with Gasteiger partial charge in [0.2, 0.25) is 0 Å². The van der Waals surface area contributed by atoms with Crippen molar-refractivity contribution in [1.82, 2.24) is 25.7 Å². The molecule has 2 atom stereocenters. The molecular formula is C25H35F3N6O2. The maximum atomic E-state index is 13.3. The fourth-order valence-electron chi connectivity index (χ4n) is 5.97. The molecule has 0 radical (unpaired) electrons. The Morgan fingerprint density at radius 2 is 1.72 bits per heavy atom. The molecule has 8 nitrogen and oxygen atoms in total. The molecule has 3 heterocycles. The number of nitrogens with zero attached hydrogens (tertiary/aromatic N) is 4. The highest BCUT2D eigenvalue weighted by molar-refractivity contribution is 5.70. The number of alkyl halides is 3. The molecule has 4 rings (SSSR count). The van der Waals surface area contributed by atoms with Gasteiger partial charge in [-0.25, -0.2) is 0 Å². The highest BCUT2D eigenvalue weighted by atomic mass is 19.4. The van der Waals surface area contributed by atoms with Crippen LogP contribution < -0.4 is 10.2 Å². The summed E-state index contributed by atoms with van der Waals surface area (Å²) >= 11 is 0. The molecule has 0 saturated carbocycles. The molecule has 1 saturated heterocycles. The molecule has 198 valence electrons. The fraction of sp³-hybridized carbons (Fsp3) is 0.640. The van der Waals surface area contributed by atoms with Crippen LogP contribution in [0.5, 0.6) is 0 Å². The molecule has 0 bridgehead atoms. The van der Waals surface area contributed by atoms with Crippen molar-refractivity contribution in [2.45, 2.75) is 95.3 Å². The van der Waals surface area contributed by atoms with Gasteiger partial charge in [0.1, 0.15) is 5.76 Å². The minimum Gasteiger partial charge on any atom is -0.410 e. The zero-order chi connectivity index (χ0) is 26.5. The first-order chi connectivity index (χ1) is 16.6. The van der Waals surface area contributed by atoms with Gasteiger partial charge in [-0.15, -0.1) is 23.4 Å². The second-order valence-electron chi connectivity index (χ2n) is 11.7. The predicted molar refractivity (Wildman–Crippen MR) is 130 cm³/mol. The predicted octanol–water partition coefficient (Wildman–Crippen LogP) is 4.31. The average molecular weight is 509 g/mol. The maximum Gasteiger partial charge on any atom is 0.572 e. The van der Waals surface area contributed by atoms with Crippen LogP contribution in [0, 0.1) is 0 Å². The van der Waals surface area contributed by atoms with Gasteiger partial charge in [0.15, 0.2) is 5.82 Å². The zero-order valence-corrected chi connectivity index (χ0v) is 21.6. The number of H-pyrrole nitrogens is 1. The van der Waals surface area contributed by atoms with Gasteiger partial charge in [0, 0.05) is 47.8 Å². The van der Waals surface area contributed by atoms with Crippen LogP contribution >= 0.6 is 0 Å². The molecule has 1 aliphatic carbocycles. The van der Waals surface area contributed by atoms with E-state index in [0.29, 0.717) is 11.4 Å². The third-order valence-corrected chi connectivity index (χ3v) is 7.27. The number of allylic oxidation sites excluding steroid dienone is 1. The lowest BCUT2D eigenvalue weighted by molar-refractivity contribution is -0.307. The first-order valence-corrected chi connectivity index (χ1v) is 12.1. The quantitative estimate of drug-likeness (QED) is 0.554. The van der Waals surface area contributed by atoms with Crippen molar-refractivity contribution < 1.29 is 23.0 Å². The van der Waals surface area contributed by atoms with Gasteiger partial charge in [0.25, 0.3) is 0 Å². The summed E-state index contributed by atoms with van der Waals surface area (Å²) in [5, 5.41) is 29.8. The number of nitrogens with one attached hydrogen (secondary N) is 2. The van der Waals surface area contributed by atoms with Gasteiger partial charge in [0.05, 0.1) is 18.0 Å². The SMILES string of the molecule is CN(c1ccc(C2=C(OC(F)(F)F)CC(C)(c3cn[nH]c3)CC2O)nn1)C1CC(C)(C)NC(C)(C)C1. The molecule has 2 aliphatic rings. The third-order valence-electron chi connectivity index (χ3n) is 7.27. The van der Waals surface area contributed by atoms with E-state index in [1.165, 1.54) is 0 Å². The van der Waals surface area contributed by atoms with Crippen LogP contribution in [0.4, 0.5) is 19.0 Å². The Morgan fingerprint density at radius 1 is 1.06 bits per heavy atom. The number of halogens is 3. The Kier molecular flexibility index (Phi) is 6.62. The second-order valence-corrected chi connectivity index (χ2v) is 11.7. The molecule has 1 fully saturated rings. The summed E-state index contributed by atoms with van der Waals surface area (Å²) in [6.45, 7) is 10.4. The van der Waals surface area contributed by atoms with E-state index < -0.39 is 17.9 Å². The first-order valence-electron chi connectivity index (χ1n) is 12.1. The molecular weight excluding hydrogens is 473 g/mol. The highest BCUT2D eigenvalue weighted by Crippen LogP contribution is 2.46. The van der Waals surface area contributed by atoms with Crippen molar-refractivity contribution in [3.8, 4) is 0 Å². The summed E-state index contributed by atoms with van der Waals surface area (Å²) in [6, 6.07) is 3.55. The lowest BCUT2D eigenvalue weighted by Gasteiger charge is -2.49. The number of hydrogen-bond acceptors (Lipinski definition) is 7. The number of hydrogen-bond donors (Lipinski definition) is 3. The molecule has 0 aromatic carbocycles. The first kappa shape index (κ1) is 26.4. The third kappa shape index (κ3) is 5.67. The van der Waals surface area contributed by atoms with Gasteiger partial charge in [-0.1, -0.05) is 6.92 Å². The largest absolute Gasteiger partial charge is 0.572 e. The van der Waals surface area contributed by atoms with Crippen LogP contribution in [-0.4, -0.2) is 62.1 Å². The zero-order valence-electron chi connectivity index (χ0n) is 21.6. The smallest absolute Gasteiger partial charge is 0.410 e. The van der Waals surface area contributed by atoms with Crippen molar-refractivity contribution in [3.05, 3.63) is 41.5 Å². The molecule has 2 unspecified atom stereocenters. The lowest BCUT2D eigenvalue weighted by atomic mass is 9.70. The van der Waals surface area contributed by atoms with E-state index in [0.717, 1.165) is 12.8 Å². The van der Waals surface area contributed by atoms with E-state index in [2.05, 4.69) is 63.0 Å². The molecule has 2 aromatic heterocycles. The monoisotopic (exact) mass is 508 g/mol. The van der Waals surface area contributed by atoms with Crippen molar-refractivity contribution in [2.24, 2.45) is 0 Å². The lowest BCUT2D eigenvalue weighted by Crippen LogP contribution is -2.62. The summed E-state index contributed by atoms with van der Waals surface area (Å²) < 4.78 is 44.5. The van der Waals surface area contributed by atoms with E-state index in [9.17, 15) is 18.3 Å². The Hall–Kier alpha value is -2.66. The highest BCUT2D eigenvalue weighted by Gasteiger charge is 2.44. The topological polar surface area (TPSA) is 99.2 Å². The number of aliphatic hydroxyl groups excluding tert-OH is 1. The van der Waals surface area contributed by atoms with E-state index in [1.807, 2.05) is 7.05 Å². The number of rotatable bonds is 5. The van der Waals surface area contributed by atoms with Gasteiger partial charge < -0.3 is 20.1 Å². The summed E-state index contributed by atoms with van der Waals surface area (Å²) in [6.07, 6.45) is -1.03. The summed E-state index contributed by atoms with van der Waals surface area (Å²) in [5.74, 6) is 0.256. The number of aromatic nitrogens is 4. The maximum absolute atomic E-state index is 13.3. The van der Waals surface area contributed by atoms with Crippen LogP contribution in [0.3, 0.4) is 0 Å². The number of piperidine rings is 1. The molecule has 3 N–H and O–H groups in total. The standard InChI is InChI=1S/C25H35F3N6O2/c1-22(2)9-16(10-23(3,4)33-22)34(6)20-8-7-17(31-32-20)21-18(35)11-24(5,15-13-29-30-14-15)12-19(21)36-25(26,27)28/h7-8,13-14,16,18,33,35H,9-12H2,1-6H3,(H,29,30). The Labute approximate surface area is 209 Å². The normalized spacial score (nSPS) is 26.7. The van der Waals surface area contributed by atoms with Crippen LogP contribution in [0.1, 0.15) is 71.6 Å². The fourth-order valence-corrected chi connectivity index (χ4v) is 5.97. The average Bonchev–Trinajstić information content (AvgIpc) is 3.26. The van der Waals surface area contributed by atoms with Crippen LogP contribution in [0.25, 0.3) is 5.57 Å². The van der Waals surface area contributed by atoms with Gasteiger partial charge in [-0.3, -0.25) is 5.10 Å². The van der Waals surface area contributed by atoms with Crippen molar-refractivity contribution in [2.75, 3.05) is 11.9 Å². The van der Waals surface area contributed by atoms with E-state index in [1.54, 1.807) is 31.5 Å². The minimum atomic E-state index is -4.91. The number of aromatic amines is 1. The molecule has 2 aromatic rings. The summed E-state index contributed by atoms with van der Waals surface area (Å²) in [4.78, 5) is 2.07. The van der Waals surface area contributed by atoms with Crippen LogP contribution in [-0.2, 0) is 10.2 Å². The Bertz CT molecular complexity index is 1080. The molecule has 36 heavy (non-hydrogen) atoms. The number of anilines is 1. The molecule has 11 heteroatoms. The van der Waals surface area contributed by atoms with Crippen molar-refractivity contribution >= 4 is 11.4 Å². The van der Waals surface area contributed by atoms with E-state index in [-0.39, 0.29) is 47.0 Å². The van der Waals surface area contributed by atoms with Crippen LogP contribution in [0.15, 0.2) is 30.3 Å². The van der Waals surface area contributed by atoms with Gasteiger partial charge in [-0.05, 0) is 64.7 Å². The number of aliphatic hydroxyl groups is 1. The summed E-state index contributed by atoms with van der Waals surface area (Å²) in [7, 11) is 1.95. The van der Waals surface area contributed by atoms with Gasteiger partial charge >= 0.3 is 6.36 Å². The second kappa shape index (κ2) is 9.02. The van der Waals surface area contributed by atoms with E-state index in [4.69, 9.17) is 0 Å². The molecule has 1 aliphatic heterocycles.